The third-order valence-corrected chi connectivity index (χ3v) is 6.65. The molecule has 1 saturated heterocycles. The summed E-state index contributed by atoms with van der Waals surface area (Å²) in [5, 5.41) is 0. The Morgan fingerprint density at radius 3 is 2.24 bits per heavy atom. The SMILES string of the molecule is COc1ccc(CCN2C(=O)C(c3ccc(F)cc3)=C(N(C)C3CCN(C)CC3)C2=O)cc1. The molecule has 0 atom stereocenters. The Balaban J connectivity index is 1.61. The summed E-state index contributed by atoms with van der Waals surface area (Å²) in [6, 6.07) is 13.6. The van der Waals surface area contributed by atoms with Crippen LogP contribution in [0.2, 0.25) is 0 Å². The molecule has 174 valence electrons. The fraction of sp³-hybridized carbons (Fsp3) is 0.385. The fourth-order valence-electron chi connectivity index (χ4n) is 4.57. The summed E-state index contributed by atoms with van der Waals surface area (Å²) in [6.45, 7) is 2.16. The van der Waals surface area contributed by atoms with Crippen molar-refractivity contribution in [2.24, 2.45) is 0 Å². The first-order chi connectivity index (χ1) is 15.9. The van der Waals surface area contributed by atoms with E-state index in [1.807, 2.05) is 36.2 Å². The van der Waals surface area contributed by atoms with Crippen molar-refractivity contribution in [2.45, 2.75) is 25.3 Å². The number of hydrogen-bond donors (Lipinski definition) is 0. The third kappa shape index (κ3) is 4.78. The molecule has 6 nitrogen and oxygen atoms in total. The van der Waals surface area contributed by atoms with E-state index < -0.39 is 0 Å². The minimum Gasteiger partial charge on any atom is -0.497 e. The Hall–Kier alpha value is -3.19. The van der Waals surface area contributed by atoms with Gasteiger partial charge in [-0.2, -0.15) is 0 Å². The molecule has 0 saturated carbocycles. The van der Waals surface area contributed by atoms with Crippen molar-refractivity contribution in [3.8, 4) is 5.75 Å². The maximum Gasteiger partial charge on any atom is 0.277 e. The van der Waals surface area contributed by atoms with Crippen molar-refractivity contribution in [3.63, 3.8) is 0 Å². The average Bonchev–Trinajstić information content (AvgIpc) is 3.08. The molecule has 0 aliphatic carbocycles. The fourth-order valence-corrected chi connectivity index (χ4v) is 4.57. The molecule has 2 aliphatic rings. The van der Waals surface area contributed by atoms with Gasteiger partial charge in [-0.15, -0.1) is 0 Å². The second kappa shape index (κ2) is 9.75. The van der Waals surface area contributed by atoms with E-state index in [9.17, 15) is 14.0 Å². The Kier molecular flexibility index (Phi) is 6.79. The summed E-state index contributed by atoms with van der Waals surface area (Å²) in [5.41, 5.74) is 2.35. The quantitative estimate of drug-likeness (QED) is 0.606. The lowest BCUT2D eigenvalue weighted by molar-refractivity contribution is -0.137. The van der Waals surface area contributed by atoms with Gasteiger partial charge in [-0.25, -0.2) is 4.39 Å². The molecule has 2 aromatic carbocycles. The highest BCUT2D eigenvalue weighted by Crippen LogP contribution is 2.33. The van der Waals surface area contributed by atoms with Gasteiger partial charge in [0.25, 0.3) is 11.8 Å². The minimum absolute atomic E-state index is 0.171. The van der Waals surface area contributed by atoms with Gasteiger partial charge in [0.2, 0.25) is 0 Å². The number of nitrogens with zero attached hydrogens (tertiary/aromatic N) is 3. The minimum atomic E-state index is -0.377. The summed E-state index contributed by atoms with van der Waals surface area (Å²) in [4.78, 5) is 32.6. The number of halogens is 1. The van der Waals surface area contributed by atoms with Crippen LogP contribution in [-0.2, 0) is 16.0 Å². The van der Waals surface area contributed by atoms with Gasteiger partial charge in [-0.05, 0) is 74.8 Å². The Morgan fingerprint density at radius 1 is 1.00 bits per heavy atom. The summed E-state index contributed by atoms with van der Waals surface area (Å²) < 4.78 is 18.8. The first kappa shape index (κ1) is 23.0. The molecule has 33 heavy (non-hydrogen) atoms. The summed E-state index contributed by atoms with van der Waals surface area (Å²) in [6.07, 6.45) is 2.38. The Morgan fingerprint density at radius 2 is 1.64 bits per heavy atom. The van der Waals surface area contributed by atoms with Crippen molar-refractivity contribution in [1.29, 1.82) is 0 Å². The largest absolute Gasteiger partial charge is 0.497 e. The molecule has 4 rings (SSSR count). The molecule has 0 N–H and O–H groups in total. The summed E-state index contributed by atoms with van der Waals surface area (Å²) in [5.74, 6) is -0.226. The molecule has 0 aromatic heterocycles. The molecule has 1 fully saturated rings. The lowest BCUT2D eigenvalue weighted by atomic mass is 10.00. The first-order valence-corrected chi connectivity index (χ1v) is 11.3. The number of rotatable bonds is 7. The van der Waals surface area contributed by atoms with Crippen LogP contribution in [-0.4, -0.2) is 73.4 Å². The van der Waals surface area contributed by atoms with Crippen LogP contribution in [0.1, 0.15) is 24.0 Å². The van der Waals surface area contributed by atoms with Gasteiger partial charge in [0, 0.05) is 19.6 Å². The maximum absolute atomic E-state index is 13.6. The Labute approximate surface area is 194 Å². The van der Waals surface area contributed by atoms with Crippen LogP contribution in [0, 0.1) is 5.82 Å². The van der Waals surface area contributed by atoms with E-state index in [1.165, 1.54) is 17.0 Å². The number of carbonyl (C=O) groups excluding carboxylic acids is 2. The molecule has 0 radical (unpaired) electrons. The number of likely N-dealkylation sites (tertiary alicyclic amines) is 1. The van der Waals surface area contributed by atoms with E-state index in [0.717, 1.165) is 37.2 Å². The van der Waals surface area contributed by atoms with E-state index in [-0.39, 0.29) is 30.2 Å². The lowest BCUT2D eigenvalue weighted by Gasteiger charge is -2.36. The van der Waals surface area contributed by atoms with Gasteiger partial charge < -0.3 is 14.5 Å². The molecule has 2 heterocycles. The molecule has 2 aliphatic heterocycles. The standard InChI is InChI=1S/C26H30FN3O3/c1-28-15-13-21(14-16-28)29(2)24-23(19-6-8-20(27)9-7-19)25(31)30(26(24)32)17-12-18-4-10-22(33-3)11-5-18/h4-11,21H,12-17H2,1-3H3. The number of ether oxygens (including phenoxy) is 1. The van der Waals surface area contributed by atoms with Crippen molar-refractivity contribution >= 4 is 17.4 Å². The summed E-state index contributed by atoms with van der Waals surface area (Å²) in [7, 11) is 5.60. The molecule has 7 heteroatoms. The van der Waals surface area contributed by atoms with E-state index in [2.05, 4.69) is 11.9 Å². The number of methoxy groups -OCH3 is 1. The zero-order chi connectivity index (χ0) is 23.5. The lowest BCUT2D eigenvalue weighted by Crippen LogP contribution is -2.43. The molecular weight excluding hydrogens is 421 g/mol. The van der Waals surface area contributed by atoms with E-state index >= 15 is 0 Å². The number of imide groups is 1. The third-order valence-electron chi connectivity index (χ3n) is 6.65. The van der Waals surface area contributed by atoms with Crippen LogP contribution in [0.3, 0.4) is 0 Å². The second-order valence-corrected chi connectivity index (χ2v) is 8.74. The predicted molar refractivity (Wildman–Crippen MR) is 125 cm³/mol. The maximum atomic E-state index is 13.6. The number of benzene rings is 2. The predicted octanol–water partition coefficient (Wildman–Crippen LogP) is 3.18. The van der Waals surface area contributed by atoms with E-state index in [0.29, 0.717) is 23.3 Å². The van der Waals surface area contributed by atoms with Gasteiger partial charge in [0.1, 0.15) is 17.3 Å². The number of likely N-dealkylation sites (N-methyl/N-ethyl adjacent to an activating group) is 1. The van der Waals surface area contributed by atoms with Crippen molar-refractivity contribution in [2.75, 3.05) is 40.8 Å². The second-order valence-electron chi connectivity index (χ2n) is 8.74. The van der Waals surface area contributed by atoms with Crippen LogP contribution in [0.15, 0.2) is 54.2 Å². The van der Waals surface area contributed by atoms with Gasteiger partial charge in [-0.1, -0.05) is 24.3 Å². The number of hydrogen-bond acceptors (Lipinski definition) is 5. The van der Waals surface area contributed by atoms with Crippen LogP contribution in [0.25, 0.3) is 5.57 Å². The van der Waals surface area contributed by atoms with E-state index in [4.69, 9.17) is 4.74 Å². The highest BCUT2D eigenvalue weighted by Gasteiger charge is 2.42. The number of carbonyl (C=O) groups is 2. The molecule has 0 unspecified atom stereocenters. The summed E-state index contributed by atoms with van der Waals surface area (Å²) >= 11 is 0. The van der Waals surface area contributed by atoms with Crippen LogP contribution in [0.5, 0.6) is 5.75 Å². The van der Waals surface area contributed by atoms with Crippen LogP contribution in [0.4, 0.5) is 4.39 Å². The van der Waals surface area contributed by atoms with Crippen molar-refractivity contribution < 1.29 is 18.7 Å². The zero-order valence-corrected chi connectivity index (χ0v) is 19.4. The smallest absolute Gasteiger partial charge is 0.277 e. The van der Waals surface area contributed by atoms with Gasteiger partial charge in [0.05, 0.1) is 12.7 Å². The Bertz CT molecular complexity index is 1040. The monoisotopic (exact) mass is 451 g/mol. The zero-order valence-electron chi connectivity index (χ0n) is 19.4. The van der Waals surface area contributed by atoms with Gasteiger partial charge in [-0.3, -0.25) is 14.5 Å². The normalized spacial score (nSPS) is 17.8. The van der Waals surface area contributed by atoms with Crippen molar-refractivity contribution in [3.05, 3.63) is 71.2 Å². The molecule has 0 bridgehead atoms. The highest BCUT2D eigenvalue weighted by molar-refractivity contribution is 6.35. The van der Waals surface area contributed by atoms with E-state index in [1.54, 1.807) is 19.2 Å². The molecule has 2 amide bonds. The topological polar surface area (TPSA) is 53.1 Å². The molecule has 2 aromatic rings. The molecular formula is C26H30FN3O3. The van der Waals surface area contributed by atoms with Crippen molar-refractivity contribution in [1.82, 2.24) is 14.7 Å². The van der Waals surface area contributed by atoms with Gasteiger partial charge in [0.15, 0.2) is 0 Å². The van der Waals surface area contributed by atoms with Gasteiger partial charge >= 0.3 is 0 Å². The van der Waals surface area contributed by atoms with Crippen LogP contribution >= 0.6 is 0 Å². The number of piperidine rings is 1. The molecule has 0 spiro atoms. The average molecular weight is 452 g/mol. The number of amides is 2. The first-order valence-electron chi connectivity index (χ1n) is 11.3. The van der Waals surface area contributed by atoms with Crippen LogP contribution < -0.4 is 4.74 Å². The highest BCUT2D eigenvalue weighted by atomic mass is 19.1.